The summed E-state index contributed by atoms with van der Waals surface area (Å²) >= 11 is 0. The molecule has 0 fully saturated rings. The van der Waals surface area contributed by atoms with Crippen molar-refractivity contribution in [3.63, 3.8) is 0 Å². The third-order valence-corrected chi connectivity index (χ3v) is 0. The fourth-order valence-corrected chi connectivity index (χ4v) is 0. The van der Waals surface area contributed by atoms with Gasteiger partial charge in [-0.25, -0.2) is 0 Å². The first kappa shape index (κ1) is 89.0. The second-order valence-corrected chi connectivity index (χ2v) is 0. The molecule has 0 aromatic carbocycles. The van der Waals surface area contributed by atoms with Crippen molar-refractivity contribution in [1.82, 2.24) is 0 Å². The van der Waals surface area contributed by atoms with Crippen LogP contribution in [0, 0.1) is 0 Å². The maximum absolute atomic E-state index is 0. The van der Waals surface area contributed by atoms with E-state index in [4.69, 9.17) is 0 Å². The first-order valence-corrected chi connectivity index (χ1v) is 0. The van der Waals surface area contributed by atoms with Gasteiger partial charge in [-0.3, -0.25) is 0 Å². The zero-order chi connectivity index (χ0) is 0. The van der Waals surface area contributed by atoms with Gasteiger partial charge in [0.2, 0.25) is 0 Å². The molecule has 0 heterocycles. The van der Waals surface area contributed by atoms with Crippen LogP contribution in [0.15, 0.2) is 0 Å². The smallest absolute Gasteiger partial charge is 2.00 e. The van der Waals surface area contributed by atoms with Gasteiger partial charge in [0.15, 0.2) is 0 Å². The molecular formula is Fe3O2+2. The van der Waals surface area contributed by atoms with Crippen LogP contribution in [0.3, 0.4) is 0 Å². The SMILES string of the molecule is [Fe+2].[Fe+2].[Fe+2].[O-2].[O-2]. The topological polar surface area (TPSA) is 57.0 Å². The van der Waals surface area contributed by atoms with Crippen LogP contribution >= 0.6 is 0 Å². The summed E-state index contributed by atoms with van der Waals surface area (Å²) in [5, 5.41) is 0. The second-order valence-electron chi connectivity index (χ2n) is 0. The minimum Gasteiger partial charge on any atom is -2.00 e. The summed E-state index contributed by atoms with van der Waals surface area (Å²) < 4.78 is 0. The molecule has 2 nitrogen and oxygen atoms in total. The number of hydrogen-bond acceptors (Lipinski definition) is 0. The molecule has 0 aliphatic rings. The Balaban J connectivity index is 0. The van der Waals surface area contributed by atoms with Gasteiger partial charge in [-0.05, 0) is 0 Å². The predicted octanol–water partition coefficient (Wildman–Crippen LogP) is -0.245. The maximum Gasteiger partial charge on any atom is 2.00 e. The van der Waals surface area contributed by atoms with E-state index in [0.717, 1.165) is 0 Å². The molecule has 0 N–H and O–H groups in total. The van der Waals surface area contributed by atoms with Crippen LogP contribution in [0.5, 0.6) is 0 Å². The molecule has 0 saturated carbocycles. The summed E-state index contributed by atoms with van der Waals surface area (Å²) in [5.74, 6) is 0. The Morgan fingerprint density at radius 3 is 0.400 bits per heavy atom. The van der Waals surface area contributed by atoms with E-state index < -0.39 is 0 Å². The molecule has 0 spiro atoms. The third kappa shape index (κ3) is 30.3. The molecule has 34 valence electrons. The van der Waals surface area contributed by atoms with E-state index in [0.29, 0.717) is 0 Å². The Morgan fingerprint density at radius 2 is 0.400 bits per heavy atom. The summed E-state index contributed by atoms with van der Waals surface area (Å²) in [5.41, 5.74) is 0. The molecule has 0 unspecified atom stereocenters. The molecule has 0 radical (unpaired) electrons. The largest absolute Gasteiger partial charge is 2.00 e. The van der Waals surface area contributed by atoms with Crippen LogP contribution in [0.25, 0.3) is 0 Å². The minimum atomic E-state index is 0. The standard InChI is InChI=1S/3Fe.2O/q3*+2;2*-2. The van der Waals surface area contributed by atoms with Gasteiger partial charge in [-0.1, -0.05) is 0 Å². The molecule has 5 heteroatoms. The van der Waals surface area contributed by atoms with E-state index in [9.17, 15) is 0 Å². The molecule has 0 aliphatic carbocycles. The van der Waals surface area contributed by atoms with Crippen LogP contribution < -0.4 is 0 Å². The second kappa shape index (κ2) is 50.3. The van der Waals surface area contributed by atoms with Crippen molar-refractivity contribution >= 4 is 0 Å². The Hall–Kier alpha value is 1.48. The molecule has 0 aromatic heterocycles. The minimum absolute atomic E-state index is 0. The molecule has 0 bridgehead atoms. The predicted molar refractivity (Wildman–Crippen MR) is 1.37 cm³/mol. The van der Waals surface area contributed by atoms with Gasteiger partial charge in [-0.15, -0.1) is 0 Å². The van der Waals surface area contributed by atoms with E-state index >= 15 is 0 Å². The van der Waals surface area contributed by atoms with Gasteiger partial charge in [0.05, 0.1) is 0 Å². The summed E-state index contributed by atoms with van der Waals surface area (Å²) in [7, 11) is 0. The average molecular weight is 200 g/mol. The van der Waals surface area contributed by atoms with Crippen LogP contribution in [0.2, 0.25) is 0 Å². The summed E-state index contributed by atoms with van der Waals surface area (Å²) in [4.78, 5) is 0. The van der Waals surface area contributed by atoms with Gasteiger partial charge >= 0.3 is 51.2 Å². The van der Waals surface area contributed by atoms with Crippen LogP contribution in [0.1, 0.15) is 0 Å². The van der Waals surface area contributed by atoms with Crippen molar-refractivity contribution in [3.8, 4) is 0 Å². The zero-order valence-corrected chi connectivity index (χ0v) is 5.19. The molecule has 0 aliphatic heterocycles. The average Bonchev–Trinajstić information content (AvgIpc) is 0. The molecule has 0 rings (SSSR count). The first-order valence-electron chi connectivity index (χ1n) is 0. The van der Waals surface area contributed by atoms with Crippen molar-refractivity contribution in [2.24, 2.45) is 0 Å². The van der Waals surface area contributed by atoms with Crippen molar-refractivity contribution in [3.05, 3.63) is 0 Å². The number of rotatable bonds is 0. The van der Waals surface area contributed by atoms with Gasteiger partial charge in [0.25, 0.3) is 0 Å². The van der Waals surface area contributed by atoms with E-state index in [-0.39, 0.29) is 62.2 Å². The first-order chi connectivity index (χ1) is 0. The van der Waals surface area contributed by atoms with Gasteiger partial charge < -0.3 is 11.0 Å². The Morgan fingerprint density at radius 1 is 0.400 bits per heavy atom. The Labute approximate surface area is 62.1 Å². The molecule has 5 heavy (non-hydrogen) atoms. The monoisotopic (exact) mass is 200 g/mol. The Bertz CT molecular complexity index is 4.85. The van der Waals surface area contributed by atoms with Crippen LogP contribution in [0.4, 0.5) is 0 Å². The maximum atomic E-state index is 0. The third-order valence-electron chi connectivity index (χ3n) is 0. The molecular weight excluding hydrogens is 200 g/mol. The van der Waals surface area contributed by atoms with Crippen molar-refractivity contribution in [2.75, 3.05) is 0 Å². The summed E-state index contributed by atoms with van der Waals surface area (Å²) in [6.07, 6.45) is 0. The van der Waals surface area contributed by atoms with Crippen molar-refractivity contribution in [1.29, 1.82) is 0 Å². The summed E-state index contributed by atoms with van der Waals surface area (Å²) in [6.45, 7) is 0. The van der Waals surface area contributed by atoms with Gasteiger partial charge in [0.1, 0.15) is 0 Å². The Kier molecular flexibility index (Phi) is 894. The quantitative estimate of drug-likeness (QED) is 0.484. The van der Waals surface area contributed by atoms with Crippen LogP contribution in [-0.2, 0) is 62.2 Å². The molecule has 0 amide bonds. The summed E-state index contributed by atoms with van der Waals surface area (Å²) in [6, 6.07) is 0. The van der Waals surface area contributed by atoms with Gasteiger partial charge in [0, 0.05) is 0 Å². The fraction of sp³-hybridized carbons (Fsp3) is 0. The fourth-order valence-electron chi connectivity index (χ4n) is 0. The van der Waals surface area contributed by atoms with Crippen molar-refractivity contribution < 1.29 is 62.2 Å². The normalized spacial score (nSPS) is 0. The van der Waals surface area contributed by atoms with E-state index in [1.165, 1.54) is 0 Å². The molecule has 0 atom stereocenters. The van der Waals surface area contributed by atoms with E-state index in [2.05, 4.69) is 0 Å². The van der Waals surface area contributed by atoms with Gasteiger partial charge in [-0.2, -0.15) is 0 Å². The van der Waals surface area contributed by atoms with E-state index in [1.807, 2.05) is 0 Å². The number of hydrogen-bond donors (Lipinski definition) is 0. The van der Waals surface area contributed by atoms with Crippen LogP contribution in [-0.4, -0.2) is 0 Å². The molecule has 0 aromatic rings. The van der Waals surface area contributed by atoms with Crippen molar-refractivity contribution in [2.45, 2.75) is 0 Å². The zero-order valence-electron chi connectivity index (χ0n) is 1.88. The molecule has 0 saturated heterocycles. The van der Waals surface area contributed by atoms with E-state index in [1.54, 1.807) is 0 Å².